The third-order valence-electron chi connectivity index (χ3n) is 3.03. The lowest BCUT2D eigenvalue weighted by molar-refractivity contribution is 0.268. The van der Waals surface area contributed by atoms with E-state index >= 15 is 0 Å². The fourth-order valence-electron chi connectivity index (χ4n) is 1.98. The first-order valence-corrected chi connectivity index (χ1v) is 6.69. The van der Waals surface area contributed by atoms with Crippen molar-refractivity contribution < 1.29 is 5.11 Å². The molecule has 0 aliphatic rings. The minimum Gasteiger partial charge on any atom is -0.394 e. The van der Waals surface area contributed by atoms with Crippen molar-refractivity contribution in [2.45, 2.75) is 13.1 Å². The third-order valence-corrected chi connectivity index (χ3v) is 3.03. The number of aliphatic hydroxyl groups is 1. The molecule has 2 heterocycles. The zero-order valence-corrected chi connectivity index (χ0v) is 11.4. The number of rotatable bonds is 6. The summed E-state index contributed by atoms with van der Waals surface area (Å²) >= 11 is 0. The summed E-state index contributed by atoms with van der Waals surface area (Å²) in [7, 11) is 0. The molecule has 0 radical (unpaired) electrons. The van der Waals surface area contributed by atoms with Gasteiger partial charge in [-0.25, -0.2) is 9.36 Å². The van der Waals surface area contributed by atoms with Crippen LogP contribution in [0.1, 0.15) is 5.69 Å². The molecular weight excluding hydrogens is 268 g/mol. The molecule has 0 aliphatic carbocycles. The standard InChI is InChI=1S/C14H16N6O/c21-9-8-19-11-13(17-18-19)10-15-12-2-4-14(5-3-12)20-7-1-6-16-20/h1-7,11,15,21H,8-10H2. The summed E-state index contributed by atoms with van der Waals surface area (Å²) in [5, 5.41) is 24.2. The highest BCUT2D eigenvalue weighted by molar-refractivity contribution is 5.48. The quantitative estimate of drug-likeness (QED) is 0.707. The lowest BCUT2D eigenvalue weighted by Crippen LogP contribution is -2.02. The number of anilines is 1. The van der Waals surface area contributed by atoms with Gasteiger partial charge in [-0.2, -0.15) is 5.10 Å². The summed E-state index contributed by atoms with van der Waals surface area (Å²) in [6.45, 7) is 1.11. The molecule has 0 saturated carbocycles. The molecule has 3 aromatic rings. The number of benzene rings is 1. The molecule has 7 heteroatoms. The topological polar surface area (TPSA) is 80.8 Å². The van der Waals surface area contributed by atoms with Crippen LogP contribution in [0.3, 0.4) is 0 Å². The molecular formula is C14H16N6O. The highest BCUT2D eigenvalue weighted by Gasteiger charge is 2.01. The second-order valence-corrected chi connectivity index (χ2v) is 4.55. The van der Waals surface area contributed by atoms with Gasteiger partial charge in [-0.15, -0.1) is 5.10 Å². The molecule has 21 heavy (non-hydrogen) atoms. The maximum atomic E-state index is 8.83. The number of aliphatic hydroxyl groups excluding tert-OH is 1. The zero-order valence-electron chi connectivity index (χ0n) is 11.4. The van der Waals surface area contributed by atoms with Gasteiger partial charge in [0.1, 0.15) is 5.69 Å². The summed E-state index contributed by atoms with van der Waals surface area (Å²) in [6, 6.07) is 9.88. The van der Waals surface area contributed by atoms with Crippen LogP contribution in [0, 0.1) is 0 Å². The number of hydrogen-bond donors (Lipinski definition) is 2. The van der Waals surface area contributed by atoms with E-state index in [0.717, 1.165) is 17.1 Å². The van der Waals surface area contributed by atoms with Crippen LogP contribution in [0.15, 0.2) is 48.9 Å². The van der Waals surface area contributed by atoms with Gasteiger partial charge in [-0.1, -0.05) is 5.21 Å². The number of hydrogen-bond acceptors (Lipinski definition) is 5. The Labute approximate surface area is 121 Å². The molecule has 3 rings (SSSR count). The molecule has 7 nitrogen and oxygen atoms in total. The van der Waals surface area contributed by atoms with Gasteiger partial charge in [0.2, 0.25) is 0 Å². The molecule has 0 aliphatic heterocycles. The summed E-state index contributed by atoms with van der Waals surface area (Å²) in [5.41, 5.74) is 2.85. The fraction of sp³-hybridized carbons (Fsp3) is 0.214. The van der Waals surface area contributed by atoms with Crippen LogP contribution in [0.5, 0.6) is 0 Å². The van der Waals surface area contributed by atoms with E-state index in [2.05, 4.69) is 20.7 Å². The molecule has 0 fully saturated rings. The maximum absolute atomic E-state index is 8.83. The molecule has 0 spiro atoms. The molecule has 2 N–H and O–H groups in total. The second-order valence-electron chi connectivity index (χ2n) is 4.55. The summed E-state index contributed by atoms with van der Waals surface area (Å²) in [5.74, 6) is 0. The predicted molar refractivity (Wildman–Crippen MR) is 78.0 cm³/mol. The second kappa shape index (κ2) is 6.19. The number of aromatic nitrogens is 5. The van der Waals surface area contributed by atoms with Crippen molar-refractivity contribution in [2.24, 2.45) is 0 Å². The molecule has 0 atom stereocenters. The first-order chi connectivity index (χ1) is 10.3. The minimum absolute atomic E-state index is 0.0606. The normalized spacial score (nSPS) is 10.7. The van der Waals surface area contributed by atoms with Crippen molar-refractivity contribution in [3.8, 4) is 5.69 Å². The van der Waals surface area contributed by atoms with Gasteiger partial charge >= 0.3 is 0 Å². The van der Waals surface area contributed by atoms with Gasteiger partial charge in [0.25, 0.3) is 0 Å². The van der Waals surface area contributed by atoms with Crippen molar-refractivity contribution in [1.82, 2.24) is 24.8 Å². The Hall–Kier alpha value is -2.67. The summed E-state index contributed by atoms with van der Waals surface area (Å²) in [4.78, 5) is 0. The average molecular weight is 284 g/mol. The Morgan fingerprint density at radius 1 is 1.19 bits per heavy atom. The lowest BCUT2D eigenvalue weighted by atomic mass is 10.3. The Morgan fingerprint density at radius 3 is 2.76 bits per heavy atom. The van der Waals surface area contributed by atoms with E-state index in [-0.39, 0.29) is 6.61 Å². The lowest BCUT2D eigenvalue weighted by Gasteiger charge is -2.06. The highest BCUT2D eigenvalue weighted by Crippen LogP contribution is 2.13. The van der Waals surface area contributed by atoms with E-state index in [9.17, 15) is 0 Å². The fourth-order valence-corrected chi connectivity index (χ4v) is 1.98. The van der Waals surface area contributed by atoms with Crippen molar-refractivity contribution in [2.75, 3.05) is 11.9 Å². The Kier molecular flexibility index (Phi) is 3.92. The van der Waals surface area contributed by atoms with Crippen LogP contribution in [-0.2, 0) is 13.1 Å². The van der Waals surface area contributed by atoms with Gasteiger partial charge < -0.3 is 10.4 Å². The van der Waals surface area contributed by atoms with Crippen molar-refractivity contribution in [3.63, 3.8) is 0 Å². The molecule has 0 unspecified atom stereocenters. The molecule has 1 aromatic carbocycles. The van der Waals surface area contributed by atoms with E-state index in [1.165, 1.54) is 0 Å². The SMILES string of the molecule is OCCn1cc(CNc2ccc(-n3cccn3)cc2)nn1. The number of nitrogens with zero attached hydrogens (tertiary/aromatic N) is 5. The van der Waals surface area contributed by atoms with E-state index in [0.29, 0.717) is 13.1 Å². The van der Waals surface area contributed by atoms with E-state index in [1.54, 1.807) is 10.9 Å². The van der Waals surface area contributed by atoms with Gasteiger partial charge in [0.15, 0.2) is 0 Å². The van der Waals surface area contributed by atoms with Crippen molar-refractivity contribution in [1.29, 1.82) is 0 Å². The first kappa shape index (κ1) is 13.3. The summed E-state index contributed by atoms with van der Waals surface area (Å²) < 4.78 is 3.43. The van der Waals surface area contributed by atoms with E-state index in [4.69, 9.17) is 5.11 Å². The monoisotopic (exact) mass is 284 g/mol. The molecule has 108 valence electrons. The smallest absolute Gasteiger partial charge is 0.102 e. The molecule has 2 aromatic heterocycles. The largest absolute Gasteiger partial charge is 0.394 e. The van der Waals surface area contributed by atoms with Crippen LogP contribution >= 0.6 is 0 Å². The van der Waals surface area contributed by atoms with Crippen LogP contribution in [-0.4, -0.2) is 36.5 Å². The van der Waals surface area contributed by atoms with Crippen molar-refractivity contribution >= 4 is 5.69 Å². The molecule has 0 amide bonds. The predicted octanol–water partition coefficient (Wildman–Crippen LogP) is 1.07. The van der Waals surface area contributed by atoms with Gasteiger partial charge in [-0.3, -0.25) is 0 Å². The maximum Gasteiger partial charge on any atom is 0.102 e. The van der Waals surface area contributed by atoms with Gasteiger partial charge in [0.05, 0.1) is 31.6 Å². The van der Waals surface area contributed by atoms with Gasteiger partial charge in [0, 0.05) is 18.1 Å². The van der Waals surface area contributed by atoms with Crippen LogP contribution in [0.2, 0.25) is 0 Å². The molecule has 0 saturated heterocycles. The first-order valence-electron chi connectivity index (χ1n) is 6.69. The highest BCUT2D eigenvalue weighted by atomic mass is 16.3. The van der Waals surface area contributed by atoms with E-state index in [1.807, 2.05) is 47.4 Å². The van der Waals surface area contributed by atoms with Crippen LogP contribution in [0.25, 0.3) is 5.69 Å². The van der Waals surface area contributed by atoms with Crippen molar-refractivity contribution in [3.05, 3.63) is 54.6 Å². The van der Waals surface area contributed by atoms with Gasteiger partial charge in [-0.05, 0) is 30.3 Å². The minimum atomic E-state index is 0.0606. The Bertz CT molecular complexity index is 674. The molecule has 0 bridgehead atoms. The van der Waals surface area contributed by atoms with Crippen LogP contribution < -0.4 is 5.32 Å². The van der Waals surface area contributed by atoms with E-state index < -0.39 is 0 Å². The third kappa shape index (κ3) is 3.26. The summed E-state index contributed by atoms with van der Waals surface area (Å²) in [6.07, 6.45) is 5.48. The average Bonchev–Trinajstić information content (AvgIpc) is 3.18. The Balaban J connectivity index is 1.60. The van der Waals surface area contributed by atoms with Crippen LogP contribution in [0.4, 0.5) is 5.69 Å². The Morgan fingerprint density at radius 2 is 2.05 bits per heavy atom. The number of nitrogens with one attached hydrogen (secondary N) is 1. The zero-order chi connectivity index (χ0) is 14.5.